The molecule has 0 amide bonds. The normalized spacial score (nSPS) is 9.18. The van der Waals surface area contributed by atoms with Gasteiger partial charge in [0.15, 0.2) is 0 Å². The van der Waals surface area contributed by atoms with E-state index in [9.17, 15) is 0 Å². The van der Waals surface area contributed by atoms with Gasteiger partial charge in [-0.05, 0) is 29.5 Å². The Kier molecular flexibility index (Phi) is 2.24. The highest BCUT2D eigenvalue weighted by Crippen LogP contribution is 2.12. The minimum absolute atomic E-state index is 0.214. The SMILES string of the molecule is Cc1nc(N)nc(I)c1C#N. The third-order valence-corrected chi connectivity index (χ3v) is 1.96. The highest BCUT2D eigenvalue weighted by atomic mass is 127. The predicted octanol–water partition coefficient (Wildman–Crippen LogP) is 0.843. The van der Waals surface area contributed by atoms with Crippen LogP contribution in [0.4, 0.5) is 5.95 Å². The molecule has 0 bridgehead atoms. The molecule has 0 radical (unpaired) electrons. The molecule has 4 nitrogen and oxygen atoms in total. The molecule has 0 saturated heterocycles. The standard InChI is InChI=1S/C6H5IN4/c1-3-4(2-8)5(7)11-6(9)10-3/h1H3,(H2,9,10,11). The monoisotopic (exact) mass is 260 g/mol. The summed E-state index contributed by atoms with van der Waals surface area (Å²) in [5, 5.41) is 8.61. The summed E-state index contributed by atoms with van der Waals surface area (Å²) in [6, 6.07) is 2.00. The first-order valence-electron chi connectivity index (χ1n) is 2.85. The summed E-state index contributed by atoms with van der Waals surface area (Å²) in [6.45, 7) is 1.73. The molecule has 5 heteroatoms. The highest BCUT2D eigenvalue weighted by Gasteiger charge is 2.05. The number of hydrogen-bond donors (Lipinski definition) is 1. The zero-order valence-corrected chi connectivity index (χ0v) is 7.95. The zero-order chi connectivity index (χ0) is 8.43. The fourth-order valence-corrected chi connectivity index (χ4v) is 1.44. The fourth-order valence-electron chi connectivity index (χ4n) is 0.686. The Morgan fingerprint density at radius 1 is 1.55 bits per heavy atom. The van der Waals surface area contributed by atoms with Crippen molar-refractivity contribution in [2.24, 2.45) is 0 Å². The van der Waals surface area contributed by atoms with Gasteiger partial charge < -0.3 is 5.73 Å². The second kappa shape index (κ2) is 3.00. The van der Waals surface area contributed by atoms with Crippen LogP contribution < -0.4 is 5.73 Å². The topological polar surface area (TPSA) is 75.6 Å². The second-order valence-electron chi connectivity index (χ2n) is 1.94. The van der Waals surface area contributed by atoms with Crippen LogP contribution in [-0.2, 0) is 0 Å². The van der Waals surface area contributed by atoms with Crippen LogP contribution >= 0.6 is 22.6 Å². The van der Waals surface area contributed by atoms with Gasteiger partial charge in [-0.1, -0.05) is 0 Å². The number of nitriles is 1. The number of nitrogen functional groups attached to an aromatic ring is 1. The summed E-state index contributed by atoms with van der Waals surface area (Å²) in [6.07, 6.45) is 0. The average molecular weight is 260 g/mol. The van der Waals surface area contributed by atoms with Gasteiger partial charge in [-0.15, -0.1) is 0 Å². The summed E-state index contributed by atoms with van der Waals surface area (Å²) in [4.78, 5) is 7.68. The smallest absolute Gasteiger partial charge is 0.221 e. The second-order valence-corrected chi connectivity index (χ2v) is 2.97. The van der Waals surface area contributed by atoms with Gasteiger partial charge in [-0.3, -0.25) is 0 Å². The van der Waals surface area contributed by atoms with Crippen LogP contribution in [0.25, 0.3) is 0 Å². The molecule has 1 heterocycles. The molecule has 0 aliphatic carbocycles. The number of aromatic nitrogens is 2. The van der Waals surface area contributed by atoms with Crippen LogP contribution in [0.3, 0.4) is 0 Å². The molecule has 0 saturated carbocycles. The molecule has 0 unspecified atom stereocenters. The first-order chi connectivity index (χ1) is 5.15. The van der Waals surface area contributed by atoms with Gasteiger partial charge in [0.05, 0.1) is 5.69 Å². The maximum Gasteiger partial charge on any atom is 0.221 e. The molecule has 0 aliphatic rings. The summed E-state index contributed by atoms with van der Waals surface area (Å²) in [7, 11) is 0. The van der Waals surface area contributed by atoms with Crippen LogP contribution in [0.5, 0.6) is 0 Å². The van der Waals surface area contributed by atoms with E-state index in [0.717, 1.165) is 0 Å². The molecule has 0 fully saturated rings. The van der Waals surface area contributed by atoms with Crippen molar-refractivity contribution in [1.82, 2.24) is 9.97 Å². The van der Waals surface area contributed by atoms with Crippen molar-refractivity contribution in [3.8, 4) is 6.07 Å². The number of hydrogen-bond acceptors (Lipinski definition) is 4. The Labute approximate surface area is 77.6 Å². The number of anilines is 1. The molecule has 0 atom stereocenters. The molecular formula is C6H5IN4. The maximum atomic E-state index is 8.61. The highest BCUT2D eigenvalue weighted by molar-refractivity contribution is 14.1. The Balaban J connectivity index is 3.40. The predicted molar refractivity (Wildman–Crippen MR) is 48.6 cm³/mol. The Hall–Kier alpha value is -0.900. The molecule has 11 heavy (non-hydrogen) atoms. The summed E-state index contributed by atoms with van der Waals surface area (Å²) >= 11 is 1.96. The molecule has 0 aromatic carbocycles. The van der Waals surface area contributed by atoms with Crippen molar-refractivity contribution in [1.29, 1.82) is 5.26 Å². The van der Waals surface area contributed by atoms with Crippen molar-refractivity contribution >= 4 is 28.5 Å². The molecule has 56 valence electrons. The fraction of sp³-hybridized carbons (Fsp3) is 0.167. The van der Waals surface area contributed by atoms with Gasteiger partial charge in [-0.2, -0.15) is 5.26 Å². The number of halogens is 1. The first-order valence-corrected chi connectivity index (χ1v) is 3.92. The molecule has 2 N–H and O–H groups in total. The van der Waals surface area contributed by atoms with Crippen molar-refractivity contribution < 1.29 is 0 Å². The molecule has 1 rings (SSSR count). The Morgan fingerprint density at radius 3 is 2.64 bits per heavy atom. The van der Waals surface area contributed by atoms with Gasteiger partial charge >= 0.3 is 0 Å². The minimum atomic E-state index is 0.214. The molecule has 0 spiro atoms. The molecular weight excluding hydrogens is 255 g/mol. The lowest BCUT2D eigenvalue weighted by molar-refractivity contribution is 1.08. The van der Waals surface area contributed by atoms with Gasteiger partial charge in [0.25, 0.3) is 0 Å². The summed E-state index contributed by atoms with van der Waals surface area (Å²) in [5.74, 6) is 0.214. The van der Waals surface area contributed by atoms with Gasteiger partial charge in [0.2, 0.25) is 5.95 Å². The van der Waals surface area contributed by atoms with E-state index in [-0.39, 0.29) is 5.95 Å². The Bertz CT molecular complexity index is 305. The third kappa shape index (κ3) is 1.57. The van der Waals surface area contributed by atoms with Gasteiger partial charge in [0.1, 0.15) is 15.3 Å². The van der Waals surface area contributed by atoms with Crippen molar-refractivity contribution in [3.63, 3.8) is 0 Å². The average Bonchev–Trinajstić information content (AvgIpc) is 1.85. The van der Waals surface area contributed by atoms with E-state index in [0.29, 0.717) is 15.0 Å². The quantitative estimate of drug-likeness (QED) is 0.554. The van der Waals surface area contributed by atoms with E-state index in [1.807, 2.05) is 28.7 Å². The summed E-state index contributed by atoms with van der Waals surface area (Å²) in [5.41, 5.74) is 6.48. The Morgan fingerprint density at radius 2 is 2.18 bits per heavy atom. The zero-order valence-electron chi connectivity index (χ0n) is 5.80. The summed E-state index contributed by atoms with van der Waals surface area (Å²) < 4.78 is 0.607. The lowest BCUT2D eigenvalue weighted by Gasteiger charge is -1.98. The van der Waals surface area contributed by atoms with Crippen LogP contribution in [0.1, 0.15) is 11.3 Å². The van der Waals surface area contributed by atoms with E-state index >= 15 is 0 Å². The van der Waals surface area contributed by atoms with Crippen LogP contribution in [0.15, 0.2) is 0 Å². The molecule has 1 aromatic rings. The van der Waals surface area contributed by atoms with Gasteiger partial charge in [0, 0.05) is 0 Å². The third-order valence-electron chi connectivity index (χ3n) is 1.17. The first kappa shape index (κ1) is 8.20. The van der Waals surface area contributed by atoms with E-state index in [2.05, 4.69) is 9.97 Å². The lowest BCUT2D eigenvalue weighted by atomic mass is 10.3. The maximum absolute atomic E-state index is 8.61. The number of nitrogens with zero attached hydrogens (tertiary/aromatic N) is 3. The van der Waals surface area contributed by atoms with E-state index < -0.39 is 0 Å². The largest absolute Gasteiger partial charge is 0.368 e. The number of aryl methyl sites for hydroxylation is 1. The minimum Gasteiger partial charge on any atom is -0.368 e. The molecule has 0 aliphatic heterocycles. The van der Waals surface area contributed by atoms with Gasteiger partial charge in [-0.25, -0.2) is 9.97 Å². The van der Waals surface area contributed by atoms with Crippen molar-refractivity contribution in [3.05, 3.63) is 15.0 Å². The lowest BCUT2D eigenvalue weighted by Crippen LogP contribution is -2.02. The van der Waals surface area contributed by atoms with Crippen LogP contribution in [-0.4, -0.2) is 9.97 Å². The van der Waals surface area contributed by atoms with Crippen molar-refractivity contribution in [2.75, 3.05) is 5.73 Å². The number of rotatable bonds is 0. The molecule has 1 aromatic heterocycles. The van der Waals surface area contributed by atoms with Crippen LogP contribution in [0, 0.1) is 22.0 Å². The van der Waals surface area contributed by atoms with E-state index in [4.69, 9.17) is 11.0 Å². The van der Waals surface area contributed by atoms with E-state index in [1.54, 1.807) is 6.92 Å². The van der Waals surface area contributed by atoms with Crippen molar-refractivity contribution in [2.45, 2.75) is 6.92 Å². The number of nitrogens with two attached hydrogens (primary N) is 1. The van der Waals surface area contributed by atoms with E-state index in [1.165, 1.54) is 0 Å². The van der Waals surface area contributed by atoms with Crippen LogP contribution in [0.2, 0.25) is 0 Å².